The lowest BCUT2D eigenvalue weighted by atomic mass is 9.82. The first-order valence-electron chi connectivity index (χ1n) is 23.0. The second-order valence-corrected chi connectivity index (χ2v) is 18.0. The maximum atomic E-state index is 12.6. The molecular weight excluding hydrogens is 861 g/mol. The van der Waals surface area contributed by atoms with Crippen LogP contribution in [0.1, 0.15) is 86.0 Å². The number of methoxy groups -OCH3 is 1. The van der Waals surface area contributed by atoms with Crippen molar-refractivity contribution in [1.29, 1.82) is 0 Å². The van der Waals surface area contributed by atoms with Crippen molar-refractivity contribution in [3.05, 3.63) is 85.1 Å². The van der Waals surface area contributed by atoms with Gasteiger partial charge in [-0.05, 0) is 33.1 Å². The molecule has 0 aromatic carbocycles. The van der Waals surface area contributed by atoms with E-state index in [0.717, 1.165) is 0 Å². The lowest BCUT2D eigenvalue weighted by molar-refractivity contribution is -0.318. The number of carboxylic acid groups (broad SMARTS) is 1. The van der Waals surface area contributed by atoms with Crippen molar-refractivity contribution in [2.24, 2.45) is 23.7 Å². The summed E-state index contributed by atoms with van der Waals surface area (Å²) in [5.74, 6) is -6.67. The van der Waals surface area contributed by atoms with Gasteiger partial charge in [-0.15, -0.1) is 0 Å². The van der Waals surface area contributed by atoms with Crippen molar-refractivity contribution >= 4 is 11.9 Å². The second kappa shape index (κ2) is 28.2. The number of fused-ring (bicyclic) bond motifs is 2. The molecule has 0 saturated carbocycles. The molecule has 17 heteroatoms. The number of esters is 1. The fourth-order valence-electron chi connectivity index (χ4n) is 8.34. The SMILES string of the molecule is COC12CC(O)CC(O)C(O)CCC(O)CC(O)CC(=O)OC(C)C(C)C(O)C(C)/C=C/C=C/C=C/C=C/C=C/C=C/C=C/C(OC3OC(C)C(O)C(C)C3O)CC(O1)C(C(=O)O)C(O)C2. The maximum Gasteiger partial charge on any atom is 0.311 e. The van der Waals surface area contributed by atoms with Crippen molar-refractivity contribution in [2.45, 2.75) is 177 Å². The predicted molar refractivity (Wildman–Crippen MR) is 243 cm³/mol. The Bertz CT molecular complexity index is 1680. The number of aliphatic carboxylic acids is 1. The number of carbonyl (C=O) groups is 2. The number of hydrogen-bond acceptors (Lipinski definition) is 16. The third-order valence-corrected chi connectivity index (χ3v) is 12.7. The number of rotatable bonds is 4. The molecule has 3 heterocycles. The zero-order valence-electron chi connectivity index (χ0n) is 39.0. The van der Waals surface area contributed by atoms with Gasteiger partial charge in [-0.3, -0.25) is 9.59 Å². The summed E-state index contributed by atoms with van der Waals surface area (Å²) in [6, 6.07) is 0. The number of allylic oxidation sites excluding steroid dienone is 12. The molecule has 0 spiro atoms. The van der Waals surface area contributed by atoms with E-state index < -0.39 is 134 Å². The predicted octanol–water partition coefficient (Wildman–Crippen LogP) is 2.67. The molecule has 0 amide bonds. The van der Waals surface area contributed by atoms with Gasteiger partial charge in [-0.1, -0.05) is 106 Å². The number of hydrogen-bond donors (Lipinski definition) is 10. The highest BCUT2D eigenvalue weighted by Gasteiger charge is 2.52. The molecule has 0 aromatic heterocycles. The van der Waals surface area contributed by atoms with Gasteiger partial charge in [0, 0.05) is 50.5 Å². The molecule has 2 fully saturated rings. The molecule has 10 N–H and O–H groups in total. The van der Waals surface area contributed by atoms with E-state index in [-0.39, 0.29) is 44.4 Å². The first kappa shape index (κ1) is 56.9. The molecule has 0 radical (unpaired) electrons. The number of ether oxygens (including phenoxy) is 5. The Balaban J connectivity index is 1.89. The Labute approximate surface area is 388 Å². The standard InChI is InChI=1S/C49H76O17/c1-29-19-17-15-13-11-9-7-8-10-12-14-16-18-20-37(65-48-46(59)31(3)45(58)33(5)64-48)26-41-43(47(60)61)40(55)28-49(62-6,66-41)27-36(52)24-39(54)38(53)22-21-34(50)23-35(51)25-42(56)63-32(4)30(2)44(29)57/h7-20,29-41,43-46,48,50-55,57-59H,21-28H2,1-6H3,(H,60,61)/b8-7+,11-9+,12-10+,15-13+,16-14+,19-17+,20-18+. The first-order valence-corrected chi connectivity index (χ1v) is 23.0. The number of aliphatic hydroxyl groups is 9. The summed E-state index contributed by atoms with van der Waals surface area (Å²) in [7, 11) is 1.26. The summed E-state index contributed by atoms with van der Waals surface area (Å²) in [5.41, 5.74) is 0. The van der Waals surface area contributed by atoms with E-state index >= 15 is 0 Å². The molecule has 374 valence electrons. The molecular formula is C49H76O17. The van der Waals surface area contributed by atoms with Gasteiger partial charge in [0.1, 0.15) is 18.1 Å². The van der Waals surface area contributed by atoms with Crippen molar-refractivity contribution in [2.75, 3.05) is 7.11 Å². The van der Waals surface area contributed by atoms with Crippen LogP contribution >= 0.6 is 0 Å². The minimum atomic E-state index is -1.76. The topological polar surface area (TPSA) is 283 Å². The monoisotopic (exact) mass is 937 g/mol. The molecule has 19 atom stereocenters. The highest BCUT2D eigenvalue weighted by atomic mass is 16.7. The van der Waals surface area contributed by atoms with Crippen molar-refractivity contribution in [3.63, 3.8) is 0 Å². The quantitative estimate of drug-likeness (QED) is 0.181. The van der Waals surface area contributed by atoms with Gasteiger partial charge in [0.2, 0.25) is 0 Å². The van der Waals surface area contributed by atoms with Gasteiger partial charge < -0.3 is 74.7 Å². The van der Waals surface area contributed by atoms with Gasteiger partial charge >= 0.3 is 11.9 Å². The van der Waals surface area contributed by atoms with Crippen LogP contribution in [-0.2, 0) is 33.3 Å². The van der Waals surface area contributed by atoms with E-state index in [4.69, 9.17) is 23.7 Å². The molecule has 17 nitrogen and oxygen atoms in total. The van der Waals surface area contributed by atoms with Crippen LogP contribution in [0.4, 0.5) is 0 Å². The van der Waals surface area contributed by atoms with Crippen LogP contribution in [0.25, 0.3) is 0 Å². The molecule has 0 aromatic rings. The van der Waals surface area contributed by atoms with E-state index in [1.807, 2.05) is 49.5 Å². The molecule has 19 unspecified atom stereocenters. The zero-order chi connectivity index (χ0) is 49.1. The average Bonchev–Trinajstić information content (AvgIpc) is 3.24. The Morgan fingerprint density at radius 1 is 0.621 bits per heavy atom. The fourth-order valence-corrected chi connectivity index (χ4v) is 8.34. The summed E-state index contributed by atoms with van der Waals surface area (Å²) < 4.78 is 29.6. The Hall–Kier alpha value is -3.40. The first-order chi connectivity index (χ1) is 31.2. The highest BCUT2D eigenvalue weighted by molar-refractivity contribution is 5.71. The molecule has 0 aliphatic carbocycles. The summed E-state index contributed by atoms with van der Waals surface area (Å²) in [6.45, 7) is 8.52. The van der Waals surface area contributed by atoms with Crippen LogP contribution in [0, 0.1) is 23.7 Å². The minimum Gasteiger partial charge on any atom is -0.481 e. The Morgan fingerprint density at radius 2 is 1.20 bits per heavy atom. The van der Waals surface area contributed by atoms with Crippen molar-refractivity contribution in [1.82, 2.24) is 0 Å². The van der Waals surface area contributed by atoms with Crippen LogP contribution in [0.3, 0.4) is 0 Å². The van der Waals surface area contributed by atoms with E-state index in [1.54, 1.807) is 70.2 Å². The third-order valence-electron chi connectivity index (χ3n) is 12.7. The van der Waals surface area contributed by atoms with Crippen LogP contribution < -0.4 is 0 Å². The third kappa shape index (κ3) is 18.3. The van der Waals surface area contributed by atoms with Crippen LogP contribution in [-0.4, -0.2) is 162 Å². The van der Waals surface area contributed by atoms with Crippen LogP contribution in [0.15, 0.2) is 85.1 Å². The maximum absolute atomic E-state index is 12.6. The normalized spacial score (nSPS) is 45.0. The molecule has 3 aliphatic rings. The van der Waals surface area contributed by atoms with E-state index in [9.17, 15) is 60.7 Å². The average molecular weight is 937 g/mol. The Kier molecular flexibility index (Phi) is 24.3. The lowest BCUT2D eigenvalue weighted by Gasteiger charge is -2.47. The fraction of sp³-hybridized carbons (Fsp3) is 0.673. The zero-order valence-corrected chi connectivity index (χ0v) is 39.0. The number of carboxylic acids is 1. The van der Waals surface area contributed by atoms with Crippen LogP contribution in [0.2, 0.25) is 0 Å². The van der Waals surface area contributed by atoms with E-state index in [0.29, 0.717) is 0 Å². The van der Waals surface area contributed by atoms with Gasteiger partial charge in [0.15, 0.2) is 12.1 Å². The van der Waals surface area contributed by atoms with E-state index in [2.05, 4.69) is 0 Å². The number of cyclic esters (lactones) is 1. The second-order valence-electron chi connectivity index (χ2n) is 18.0. The molecule has 3 rings (SSSR count). The molecule has 3 aliphatic heterocycles. The van der Waals surface area contributed by atoms with Gasteiger partial charge in [-0.25, -0.2) is 0 Å². The largest absolute Gasteiger partial charge is 0.481 e. The lowest BCUT2D eigenvalue weighted by Crippen LogP contribution is -2.57. The van der Waals surface area contributed by atoms with Gasteiger partial charge in [-0.2, -0.15) is 0 Å². The minimum absolute atomic E-state index is 0.0743. The molecule has 2 saturated heterocycles. The van der Waals surface area contributed by atoms with Gasteiger partial charge in [0.05, 0.1) is 73.6 Å². The number of carbonyl (C=O) groups excluding carboxylic acids is 1. The van der Waals surface area contributed by atoms with Crippen molar-refractivity contribution in [3.8, 4) is 0 Å². The Morgan fingerprint density at radius 3 is 1.77 bits per heavy atom. The smallest absolute Gasteiger partial charge is 0.311 e. The summed E-state index contributed by atoms with van der Waals surface area (Å²) >= 11 is 0. The van der Waals surface area contributed by atoms with E-state index in [1.165, 1.54) is 7.11 Å². The van der Waals surface area contributed by atoms with Crippen molar-refractivity contribution < 1.29 is 84.3 Å². The summed E-state index contributed by atoms with van der Waals surface area (Å²) in [5, 5.41) is 108. The number of aliphatic hydroxyl groups excluding tert-OH is 9. The molecule has 2 bridgehead atoms. The van der Waals surface area contributed by atoms with Crippen LogP contribution in [0.5, 0.6) is 0 Å². The van der Waals surface area contributed by atoms with Gasteiger partial charge in [0.25, 0.3) is 0 Å². The summed E-state index contributed by atoms with van der Waals surface area (Å²) in [4.78, 5) is 25.3. The molecule has 66 heavy (non-hydrogen) atoms. The highest BCUT2D eigenvalue weighted by Crippen LogP contribution is 2.40. The summed E-state index contributed by atoms with van der Waals surface area (Å²) in [6.07, 6.45) is 6.33.